The van der Waals surface area contributed by atoms with Crippen LogP contribution in [0.2, 0.25) is 0 Å². The van der Waals surface area contributed by atoms with E-state index in [1.165, 1.54) is 21.7 Å². The Morgan fingerprint density at radius 1 is 0.857 bits per heavy atom. The van der Waals surface area contributed by atoms with E-state index in [4.69, 9.17) is 4.74 Å². The Morgan fingerprint density at radius 3 is 2.05 bits per heavy atom. The lowest BCUT2D eigenvalue weighted by Gasteiger charge is -2.38. The molecule has 0 spiro atoms. The minimum Gasteiger partial charge on any atom is -0.452 e. The van der Waals surface area contributed by atoms with Gasteiger partial charge in [-0.3, -0.25) is 28.8 Å². The van der Waals surface area contributed by atoms with Gasteiger partial charge in [-0.15, -0.1) is 0 Å². The normalized spacial score (nSPS) is 29.3. The molecule has 12 heteroatoms. The number of hydrogen-bond acceptors (Lipinski definition) is 7. The fourth-order valence-corrected chi connectivity index (χ4v) is 5.49. The van der Waals surface area contributed by atoms with E-state index in [0.29, 0.717) is 32.2 Å². The van der Waals surface area contributed by atoms with E-state index in [-0.39, 0.29) is 30.7 Å². The molecule has 0 aromatic carbocycles. The average molecular weight is 594 g/mol. The van der Waals surface area contributed by atoms with Gasteiger partial charge in [0.1, 0.15) is 24.2 Å². The zero-order valence-corrected chi connectivity index (χ0v) is 26.8. The van der Waals surface area contributed by atoms with Crippen molar-refractivity contribution >= 4 is 35.5 Å². The molecule has 0 radical (unpaired) electrons. The first-order chi connectivity index (χ1) is 19.7. The summed E-state index contributed by atoms with van der Waals surface area (Å²) in [6.45, 7) is 13.0. The molecule has 2 aliphatic rings. The van der Waals surface area contributed by atoms with Crippen molar-refractivity contribution in [3.8, 4) is 0 Å². The molecule has 238 valence electrons. The topological polar surface area (TPSA) is 145 Å². The molecule has 7 atom stereocenters. The molecule has 42 heavy (non-hydrogen) atoms. The number of amides is 5. The van der Waals surface area contributed by atoms with Gasteiger partial charge in [0.15, 0.2) is 6.10 Å². The Bertz CT molecular complexity index is 1020. The molecule has 0 unspecified atom stereocenters. The summed E-state index contributed by atoms with van der Waals surface area (Å²) in [7, 11) is 3.04. The summed E-state index contributed by atoms with van der Waals surface area (Å²) in [4.78, 5) is 84.8. The van der Waals surface area contributed by atoms with E-state index >= 15 is 0 Å². The molecule has 12 nitrogen and oxygen atoms in total. The van der Waals surface area contributed by atoms with Gasteiger partial charge in [0, 0.05) is 33.1 Å². The molecule has 0 saturated carbocycles. The molecule has 2 rings (SSSR count). The first-order valence-electron chi connectivity index (χ1n) is 15.3. The van der Waals surface area contributed by atoms with Crippen LogP contribution in [0, 0.1) is 17.8 Å². The Kier molecular flexibility index (Phi) is 12.8. The molecular formula is C30H51N5O7. The third-order valence-corrected chi connectivity index (χ3v) is 8.86. The molecule has 0 aliphatic carbocycles. The van der Waals surface area contributed by atoms with Crippen molar-refractivity contribution in [3.05, 3.63) is 0 Å². The largest absolute Gasteiger partial charge is 0.452 e. The average Bonchev–Trinajstić information content (AvgIpc) is 3.45. The monoisotopic (exact) mass is 593 g/mol. The van der Waals surface area contributed by atoms with Crippen LogP contribution >= 0.6 is 0 Å². The standard InChI is InChI=1S/C30H51N5O7/c1-10-18(5)23-28(39)34(9)24(17(3)4)29(40)33(8)20(7)26(37)31-15-14-22(36)42-25(19(6)11-2)30(41)35-16-12-13-21(35)27(38)32-23/h17-21,23-25H,10-16H2,1-9H3,(H,31,37)(H,32,38)/t18-,19+,20+,21-,23+,24+,25+/m0/s1. The second kappa shape index (κ2) is 15.3. The predicted octanol–water partition coefficient (Wildman–Crippen LogP) is 1.32. The van der Waals surface area contributed by atoms with Crippen molar-refractivity contribution in [2.24, 2.45) is 17.8 Å². The van der Waals surface area contributed by atoms with Crippen molar-refractivity contribution < 1.29 is 33.5 Å². The highest BCUT2D eigenvalue weighted by atomic mass is 16.5. The van der Waals surface area contributed by atoms with Crippen molar-refractivity contribution in [2.45, 2.75) is 111 Å². The lowest BCUT2D eigenvalue weighted by molar-refractivity contribution is -0.165. The summed E-state index contributed by atoms with van der Waals surface area (Å²) in [6.07, 6.45) is 0.910. The van der Waals surface area contributed by atoms with Gasteiger partial charge in [0.25, 0.3) is 5.91 Å². The third-order valence-electron chi connectivity index (χ3n) is 8.86. The molecule has 2 saturated heterocycles. The molecule has 0 aromatic heterocycles. The van der Waals surface area contributed by atoms with E-state index in [2.05, 4.69) is 10.6 Å². The van der Waals surface area contributed by atoms with E-state index < -0.39 is 65.8 Å². The first-order valence-corrected chi connectivity index (χ1v) is 15.3. The fourth-order valence-electron chi connectivity index (χ4n) is 5.49. The number of esters is 1. The minimum absolute atomic E-state index is 0.0389. The first kappa shape index (κ1) is 35.0. The summed E-state index contributed by atoms with van der Waals surface area (Å²) in [5, 5.41) is 5.57. The van der Waals surface area contributed by atoms with Gasteiger partial charge < -0.3 is 30.1 Å². The lowest BCUT2D eigenvalue weighted by atomic mass is 9.94. The number of nitrogens with one attached hydrogen (secondary N) is 2. The molecular weight excluding hydrogens is 542 g/mol. The highest BCUT2D eigenvalue weighted by Gasteiger charge is 2.43. The SMILES string of the molecule is CC[C@@H](C)[C@H]1OC(=O)CCNC(=O)[C@@H](C)N(C)C(=O)[C@@H](C(C)C)N(C)C(=O)[C@@H]([C@@H](C)CC)NC(=O)[C@@H]2CCCN2C1=O. The van der Waals surface area contributed by atoms with Crippen LogP contribution in [0.3, 0.4) is 0 Å². The molecule has 2 N–H and O–H groups in total. The zero-order chi connectivity index (χ0) is 31.9. The van der Waals surface area contributed by atoms with Crippen molar-refractivity contribution in [3.63, 3.8) is 0 Å². The molecule has 0 aromatic rings. The van der Waals surface area contributed by atoms with Crippen LogP contribution in [-0.4, -0.2) is 108 Å². The number of carbonyl (C=O) groups is 6. The van der Waals surface area contributed by atoms with E-state index in [1.807, 2.05) is 41.5 Å². The summed E-state index contributed by atoms with van der Waals surface area (Å²) in [6, 6.07) is -3.52. The van der Waals surface area contributed by atoms with Crippen LogP contribution in [0.5, 0.6) is 0 Å². The van der Waals surface area contributed by atoms with Crippen LogP contribution in [0.15, 0.2) is 0 Å². The van der Waals surface area contributed by atoms with Crippen LogP contribution in [0.25, 0.3) is 0 Å². The van der Waals surface area contributed by atoms with Crippen LogP contribution < -0.4 is 10.6 Å². The number of rotatable bonds is 5. The quantitative estimate of drug-likeness (QED) is 0.457. The Morgan fingerprint density at radius 2 is 1.48 bits per heavy atom. The minimum atomic E-state index is -1.08. The summed E-state index contributed by atoms with van der Waals surface area (Å²) >= 11 is 0. The number of ether oxygens (including phenoxy) is 1. The Labute approximate surface area is 250 Å². The van der Waals surface area contributed by atoms with E-state index in [1.54, 1.807) is 14.0 Å². The highest BCUT2D eigenvalue weighted by Crippen LogP contribution is 2.25. The van der Waals surface area contributed by atoms with Gasteiger partial charge in [-0.05, 0) is 38.0 Å². The van der Waals surface area contributed by atoms with Crippen molar-refractivity contribution in [1.82, 2.24) is 25.3 Å². The van der Waals surface area contributed by atoms with Gasteiger partial charge in [0.2, 0.25) is 23.6 Å². The van der Waals surface area contributed by atoms with Gasteiger partial charge in [0.05, 0.1) is 6.42 Å². The number of cyclic esters (lactones) is 1. The fraction of sp³-hybridized carbons (Fsp3) is 0.800. The number of nitrogens with zero attached hydrogens (tertiary/aromatic N) is 3. The summed E-state index contributed by atoms with van der Waals surface area (Å²) in [5.41, 5.74) is 0. The van der Waals surface area contributed by atoms with Gasteiger partial charge in [-0.2, -0.15) is 0 Å². The number of fused-ring (bicyclic) bond motifs is 1. The molecule has 0 bridgehead atoms. The van der Waals surface area contributed by atoms with Crippen LogP contribution in [0.4, 0.5) is 0 Å². The maximum atomic E-state index is 13.9. The Hall–Kier alpha value is -3.18. The molecule has 2 aliphatic heterocycles. The number of carbonyl (C=O) groups excluding carboxylic acids is 6. The van der Waals surface area contributed by atoms with Crippen LogP contribution in [-0.2, 0) is 33.5 Å². The zero-order valence-electron chi connectivity index (χ0n) is 26.8. The van der Waals surface area contributed by atoms with Gasteiger partial charge >= 0.3 is 5.97 Å². The molecule has 5 amide bonds. The second-order valence-corrected chi connectivity index (χ2v) is 12.2. The second-order valence-electron chi connectivity index (χ2n) is 12.2. The maximum Gasteiger partial charge on any atom is 0.308 e. The third kappa shape index (κ3) is 8.01. The summed E-state index contributed by atoms with van der Waals surface area (Å²) < 4.78 is 5.63. The smallest absolute Gasteiger partial charge is 0.308 e. The highest BCUT2D eigenvalue weighted by molar-refractivity contribution is 5.96. The molecule has 2 heterocycles. The van der Waals surface area contributed by atoms with Gasteiger partial charge in [-0.25, -0.2) is 0 Å². The van der Waals surface area contributed by atoms with Crippen molar-refractivity contribution in [1.29, 1.82) is 0 Å². The number of likely N-dealkylation sites (N-methyl/N-ethyl adjacent to an activating group) is 2. The van der Waals surface area contributed by atoms with E-state index in [9.17, 15) is 28.8 Å². The van der Waals surface area contributed by atoms with Crippen LogP contribution in [0.1, 0.15) is 80.6 Å². The number of hydrogen-bond donors (Lipinski definition) is 2. The van der Waals surface area contributed by atoms with Gasteiger partial charge in [-0.1, -0.05) is 48.0 Å². The Balaban J connectivity index is 2.55. The predicted molar refractivity (Wildman–Crippen MR) is 157 cm³/mol. The summed E-state index contributed by atoms with van der Waals surface area (Å²) in [5.74, 6) is -3.70. The van der Waals surface area contributed by atoms with E-state index in [0.717, 1.165) is 0 Å². The lowest BCUT2D eigenvalue weighted by Crippen LogP contribution is -2.61. The van der Waals surface area contributed by atoms with Crippen molar-refractivity contribution in [2.75, 3.05) is 27.2 Å². The molecule has 2 fully saturated rings. The maximum absolute atomic E-state index is 13.9.